The Morgan fingerprint density at radius 2 is 1.41 bits per heavy atom. The second kappa shape index (κ2) is 6.93. The van der Waals surface area contributed by atoms with Crippen molar-refractivity contribution < 1.29 is 0 Å². The zero-order chi connectivity index (χ0) is 15.3. The molecule has 0 fully saturated rings. The summed E-state index contributed by atoms with van der Waals surface area (Å²) in [6.07, 6.45) is 10.0. The molecule has 0 spiro atoms. The summed E-state index contributed by atoms with van der Waals surface area (Å²) in [5, 5.41) is 2.96. The fourth-order valence-corrected chi connectivity index (χ4v) is 6.25. The van der Waals surface area contributed by atoms with Crippen molar-refractivity contribution >= 4 is 18.4 Å². The fourth-order valence-electron chi connectivity index (χ4n) is 3.22. The normalized spacial score (nSPS) is 15.8. The number of benzene rings is 2. The largest absolute Gasteiger partial charge is 0.138 e. The van der Waals surface area contributed by atoms with Gasteiger partial charge in [0.2, 0.25) is 0 Å². The second-order valence-corrected chi connectivity index (χ2v) is 10.2. The van der Waals surface area contributed by atoms with Crippen LogP contribution in [0.25, 0.3) is 0 Å². The van der Waals surface area contributed by atoms with Crippen LogP contribution in [0.2, 0.25) is 6.55 Å². The Morgan fingerprint density at radius 3 is 1.91 bits per heavy atom. The molecule has 0 nitrogen and oxygen atoms in total. The van der Waals surface area contributed by atoms with Crippen molar-refractivity contribution in [2.24, 2.45) is 0 Å². The molecule has 0 aliphatic heterocycles. The number of hydrogen-bond donors (Lipinski definition) is 0. The van der Waals surface area contributed by atoms with E-state index in [2.05, 4.69) is 85.1 Å². The van der Waals surface area contributed by atoms with E-state index in [4.69, 9.17) is 0 Å². The van der Waals surface area contributed by atoms with Gasteiger partial charge < -0.3 is 0 Å². The van der Waals surface area contributed by atoms with Crippen molar-refractivity contribution in [3.8, 4) is 0 Å². The highest BCUT2D eigenvalue weighted by Gasteiger charge is 2.28. The van der Waals surface area contributed by atoms with Crippen LogP contribution in [0.3, 0.4) is 0 Å². The van der Waals surface area contributed by atoms with Crippen molar-refractivity contribution in [2.45, 2.75) is 32.2 Å². The predicted molar refractivity (Wildman–Crippen MR) is 99.5 cm³/mol. The van der Waals surface area contributed by atoms with E-state index in [-0.39, 0.29) is 0 Å². The maximum atomic E-state index is 2.52. The molecule has 0 amide bonds. The highest BCUT2D eigenvalue weighted by atomic mass is 28.3. The molecule has 1 aliphatic carbocycles. The van der Waals surface area contributed by atoms with E-state index in [1.54, 1.807) is 0 Å². The van der Waals surface area contributed by atoms with E-state index in [1.165, 1.54) is 41.6 Å². The minimum absolute atomic E-state index is 1.24. The molecule has 0 radical (unpaired) electrons. The van der Waals surface area contributed by atoms with Crippen molar-refractivity contribution in [3.05, 3.63) is 84.1 Å². The second-order valence-electron chi connectivity index (χ2n) is 6.29. The Morgan fingerprint density at radius 1 is 0.818 bits per heavy atom. The van der Waals surface area contributed by atoms with Gasteiger partial charge in [-0.05, 0) is 25.7 Å². The smallest absolute Gasteiger partial charge is 0.0858 e. The molecule has 22 heavy (non-hydrogen) atoms. The first kappa shape index (κ1) is 15.0. The van der Waals surface area contributed by atoms with Gasteiger partial charge in [-0.15, -0.1) is 0 Å². The minimum Gasteiger partial charge on any atom is -0.0858 e. The Kier molecular flexibility index (Phi) is 4.74. The van der Waals surface area contributed by atoms with Crippen LogP contribution in [0.5, 0.6) is 0 Å². The van der Waals surface area contributed by atoms with E-state index in [0.29, 0.717) is 0 Å². The van der Waals surface area contributed by atoms with Crippen molar-refractivity contribution in [3.63, 3.8) is 0 Å². The van der Waals surface area contributed by atoms with Gasteiger partial charge in [-0.25, -0.2) is 0 Å². The monoisotopic (exact) mass is 304 g/mol. The van der Waals surface area contributed by atoms with Gasteiger partial charge >= 0.3 is 0 Å². The lowest BCUT2D eigenvalue weighted by Gasteiger charge is -2.25. The first-order valence-electron chi connectivity index (χ1n) is 8.28. The maximum Gasteiger partial charge on any atom is 0.138 e. The van der Waals surface area contributed by atoms with Gasteiger partial charge in [0.05, 0.1) is 0 Å². The lowest BCUT2D eigenvalue weighted by Crippen LogP contribution is -2.54. The standard InChI is InChI=1S/C21H24Si/c1-22(20-13-7-3-8-14-20,21-15-9-4-10-16-21)18-17-19-11-5-2-6-12-19/h3-4,7-11,13-18H,2,5-6,12H2,1H3. The Bertz CT molecular complexity index is 613. The van der Waals surface area contributed by atoms with Crippen LogP contribution in [-0.4, -0.2) is 8.07 Å². The van der Waals surface area contributed by atoms with E-state index in [0.717, 1.165) is 0 Å². The summed E-state index contributed by atoms with van der Waals surface area (Å²) in [5.74, 6) is 0. The molecule has 0 saturated heterocycles. The van der Waals surface area contributed by atoms with Gasteiger partial charge in [-0.3, -0.25) is 0 Å². The van der Waals surface area contributed by atoms with E-state index in [9.17, 15) is 0 Å². The van der Waals surface area contributed by atoms with Crippen LogP contribution >= 0.6 is 0 Å². The summed E-state index contributed by atoms with van der Waals surface area (Å²) in [7, 11) is -1.81. The van der Waals surface area contributed by atoms with Gasteiger partial charge in [-0.1, -0.05) is 101 Å². The molecule has 1 heteroatoms. The van der Waals surface area contributed by atoms with Gasteiger partial charge in [0.15, 0.2) is 0 Å². The summed E-state index contributed by atoms with van der Waals surface area (Å²) in [6, 6.07) is 22.0. The highest BCUT2D eigenvalue weighted by molar-refractivity contribution is 7.05. The summed E-state index contributed by atoms with van der Waals surface area (Å²) in [4.78, 5) is 0. The molecule has 2 aromatic carbocycles. The van der Waals surface area contributed by atoms with Crippen LogP contribution in [0.1, 0.15) is 25.7 Å². The average Bonchev–Trinajstić information content (AvgIpc) is 2.62. The minimum atomic E-state index is -1.81. The molecule has 1 aliphatic rings. The quantitative estimate of drug-likeness (QED) is 0.731. The SMILES string of the molecule is C[Si](C=CC1=CCCCC1)(c1ccccc1)c1ccccc1. The van der Waals surface area contributed by atoms with Crippen LogP contribution in [0.15, 0.2) is 84.1 Å². The predicted octanol–water partition coefficient (Wildman–Crippen LogP) is 4.48. The van der Waals surface area contributed by atoms with Gasteiger partial charge in [-0.2, -0.15) is 0 Å². The molecular formula is C21H24Si. The number of hydrogen-bond acceptors (Lipinski definition) is 0. The first-order valence-corrected chi connectivity index (χ1v) is 10.9. The Balaban J connectivity index is 2.00. The summed E-state index contributed by atoms with van der Waals surface area (Å²) in [6.45, 7) is 2.46. The molecule has 0 heterocycles. The third-order valence-electron chi connectivity index (χ3n) is 4.70. The Hall–Kier alpha value is -1.86. The van der Waals surface area contributed by atoms with E-state index >= 15 is 0 Å². The fraction of sp³-hybridized carbons (Fsp3) is 0.238. The van der Waals surface area contributed by atoms with Crippen LogP contribution in [-0.2, 0) is 0 Å². The van der Waals surface area contributed by atoms with E-state index < -0.39 is 8.07 Å². The highest BCUT2D eigenvalue weighted by Crippen LogP contribution is 2.19. The average molecular weight is 305 g/mol. The van der Waals surface area contributed by atoms with Gasteiger partial charge in [0, 0.05) is 0 Å². The van der Waals surface area contributed by atoms with Gasteiger partial charge in [0.25, 0.3) is 0 Å². The maximum absolute atomic E-state index is 2.52. The number of allylic oxidation sites excluding steroid dienone is 3. The zero-order valence-corrected chi connectivity index (χ0v) is 14.3. The van der Waals surface area contributed by atoms with Crippen LogP contribution < -0.4 is 10.4 Å². The van der Waals surface area contributed by atoms with Crippen LogP contribution in [0, 0.1) is 0 Å². The summed E-state index contributed by atoms with van der Waals surface area (Å²) >= 11 is 0. The molecular weight excluding hydrogens is 280 g/mol. The van der Waals surface area contributed by atoms with Crippen molar-refractivity contribution in [2.75, 3.05) is 0 Å². The molecule has 0 aromatic heterocycles. The lowest BCUT2D eigenvalue weighted by molar-refractivity contribution is 0.712. The molecule has 3 rings (SSSR count). The molecule has 0 bridgehead atoms. The third kappa shape index (κ3) is 3.31. The zero-order valence-electron chi connectivity index (χ0n) is 13.3. The lowest BCUT2D eigenvalue weighted by atomic mass is 10.00. The molecule has 0 N–H and O–H groups in total. The van der Waals surface area contributed by atoms with E-state index in [1.807, 2.05) is 0 Å². The molecule has 0 saturated carbocycles. The van der Waals surface area contributed by atoms with Crippen molar-refractivity contribution in [1.82, 2.24) is 0 Å². The van der Waals surface area contributed by atoms with Crippen LogP contribution in [0.4, 0.5) is 0 Å². The summed E-state index contributed by atoms with van der Waals surface area (Å²) < 4.78 is 0. The molecule has 0 unspecified atom stereocenters. The first-order chi connectivity index (χ1) is 10.8. The Labute approximate surface area is 135 Å². The van der Waals surface area contributed by atoms with Crippen molar-refractivity contribution in [1.29, 1.82) is 0 Å². The molecule has 112 valence electrons. The third-order valence-corrected chi connectivity index (χ3v) is 8.60. The molecule has 2 aromatic rings. The topological polar surface area (TPSA) is 0 Å². The number of rotatable bonds is 4. The van der Waals surface area contributed by atoms with Gasteiger partial charge in [0.1, 0.15) is 8.07 Å². The summed E-state index contributed by atoms with van der Waals surface area (Å²) in [5.41, 5.74) is 4.05. The molecule has 0 atom stereocenters.